The number of rotatable bonds is 9. The van der Waals surface area contributed by atoms with Crippen LogP contribution in [-0.2, 0) is 19.6 Å². The van der Waals surface area contributed by atoms with Crippen LogP contribution in [0.15, 0.2) is 67.0 Å². The van der Waals surface area contributed by atoms with Crippen molar-refractivity contribution in [3.63, 3.8) is 0 Å². The molecule has 31 heavy (non-hydrogen) atoms. The number of nitrogens with one attached hydrogen (secondary N) is 1. The zero-order valence-electron chi connectivity index (χ0n) is 17.3. The molecule has 0 aliphatic heterocycles. The molecule has 2 atom stereocenters. The molecule has 1 N–H and O–H groups in total. The molecule has 0 bridgehead atoms. The minimum atomic E-state index is -0.796. The van der Waals surface area contributed by atoms with E-state index in [1.807, 2.05) is 12.3 Å². The van der Waals surface area contributed by atoms with E-state index >= 15 is 0 Å². The van der Waals surface area contributed by atoms with Crippen LogP contribution in [0.2, 0.25) is 0 Å². The molecule has 1 aliphatic carbocycles. The lowest BCUT2D eigenvalue weighted by molar-refractivity contribution is 0.290. The van der Waals surface area contributed by atoms with Crippen LogP contribution in [0, 0.1) is 24.0 Å². The van der Waals surface area contributed by atoms with Gasteiger partial charge in [0.25, 0.3) is 0 Å². The molecular weight excluding hydrogens is 392 g/mol. The molecule has 3 aromatic rings. The Morgan fingerprint density at radius 1 is 1.00 bits per heavy atom. The summed E-state index contributed by atoms with van der Waals surface area (Å²) in [6.45, 7) is 2.85. The second kappa shape index (κ2) is 9.82. The van der Waals surface area contributed by atoms with Crippen LogP contribution >= 0.6 is 0 Å². The third-order valence-electron chi connectivity index (χ3n) is 5.60. The van der Waals surface area contributed by atoms with Gasteiger partial charge in [-0.2, -0.15) is 0 Å². The van der Waals surface area contributed by atoms with Crippen LogP contribution in [0.3, 0.4) is 0 Å². The van der Waals surface area contributed by atoms with Crippen molar-refractivity contribution in [2.75, 3.05) is 6.54 Å². The van der Waals surface area contributed by atoms with Crippen LogP contribution in [0.5, 0.6) is 0 Å². The topological polar surface area (TPSA) is 28.2 Å². The van der Waals surface area contributed by atoms with Gasteiger partial charge in [-0.25, -0.2) is 8.78 Å². The van der Waals surface area contributed by atoms with Crippen molar-refractivity contribution in [2.45, 2.75) is 38.0 Å². The summed E-state index contributed by atoms with van der Waals surface area (Å²) in [7, 11) is 0. The molecule has 0 spiro atoms. The Balaban J connectivity index is 1.28. The number of hydrogen-bond acceptors (Lipinski definition) is 3. The van der Waals surface area contributed by atoms with Crippen molar-refractivity contribution in [3.05, 3.63) is 101 Å². The summed E-state index contributed by atoms with van der Waals surface area (Å²) in [5, 5.41) is 3.51. The smallest absolute Gasteiger partial charge is 0.159 e. The van der Waals surface area contributed by atoms with Gasteiger partial charge in [-0.3, -0.25) is 9.88 Å². The van der Waals surface area contributed by atoms with Crippen LogP contribution in [-0.4, -0.2) is 22.5 Å². The van der Waals surface area contributed by atoms with Gasteiger partial charge in [0, 0.05) is 44.0 Å². The van der Waals surface area contributed by atoms with Crippen molar-refractivity contribution in [2.24, 2.45) is 0 Å². The Bertz CT molecular complexity index is 1040. The molecule has 0 radical (unpaired) electrons. The van der Waals surface area contributed by atoms with Crippen LogP contribution in [0.1, 0.15) is 34.6 Å². The average molecular weight is 418 g/mol. The molecule has 0 saturated heterocycles. The van der Waals surface area contributed by atoms with Crippen molar-refractivity contribution < 1.29 is 8.78 Å². The maximum Gasteiger partial charge on any atom is 0.159 e. The average Bonchev–Trinajstić information content (AvgIpc) is 3.56. The fraction of sp³-hybridized carbons (Fsp3) is 0.269. The Morgan fingerprint density at radius 3 is 2.48 bits per heavy atom. The van der Waals surface area contributed by atoms with Crippen LogP contribution in [0.25, 0.3) is 0 Å². The maximum atomic E-state index is 13.4. The number of terminal acetylenes is 1. The Labute approximate surface area is 182 Å². The molecule has 158 valence electrons. The number of benzene rings is 2. The molecule has 1 saturated carbocycles. The van der Waals surface area contributed by atoms with Crippen molar-refractivity contribution in [1.29, 1.82) is 0 Å². The summed E-state index contributed by atoms with van der Waals surface area (Å²) >= 11 is 0. The standard InChI is InChI=1S/C26H25F2N3/c1-2-12-31(18-21-4-3-11-29-15-21)17-20-7-5-19(6-8-20)16-30-26-14-23(26)22-9-10-24(27)25(28)13-22/h1,3-11,13,15,23,26,30H,12,14,16-18H2/t23-,26+/m0/s1. The zero-order valence-corrected chi connectivity index (χ0v) is 17.3. The Kier molecular flexibility index (Phi) is 6.71. The molecule has 5 heteroatoms. The third-order valence-corrected chi connectivity index (χ3v) is 5.60. The number of aromatic nitrogens is 1. The summed E-state index contributed by atoms with van der Waals surface area (Å²) in [5.74, 6) is 1.41. The highest BCUT2D eigenvalue weighted by atomic mass is 19.2. The Morgan fingerprint density at radius 2 is 1.77 bits per heavy atom. The van der Waals surface area contributed by atoms with Gasteiger partial charge in [0.05, 0.1) is 6.54 Å². The highest BCUT2D eigenvalue weighted by molar-refractivity contribution is 5.29. The second-order valence-electron chi connectivity index (χ2n) is 8.03. The van der Waals surface area contributed by atoms with Gasteiger partial charge in [-0.05, 0) is 46.9 Å². The lowest BCUT2D eigenvalue weighted by atomic mass is 10.1. The summed E-state index contributed by atoms with van der Waals surface area (Å²) in [5.41, 5.74) is 4.39. The number of hydrogen-bond donors (Lipinski definition) is 1. The molecular formula is C26H25F2N3. The quantitative estimate of drug-likeness (QED) is 0.514. The largest absolute Gasteiger partial charge is 0.309 e. The van der Waals surface area contributed by atoms with E-state index in [1.54, 1.807) is 12.3 Å². The molecule has 0 amide bonds. The molecule has 4 rings (SSSR count). The predicted octanol–water partition coefficient (Wildman–Crippen LogP) is 4.64. The maximum absolute atomic E-state index is 13.4. The van der Waals surface area contributed by atoms with Crippen molar-refractivity contribution >= 4 is 0 Å². The number of halogens is 2. The fourth-order valence-electron chi connectivity index (χ4n) is 3.85. The van der Waals surface area contributed by atoms with Gasteiger partial charge in [-0.1, -0.05) is 42.3 Å². The minimum absolute atomic E-state index is 0.249. The van der Waals surface area contributed by atoms with Gasteiger partial charge in [0.1, 0.15) is 0 Å². The van der Waals surface area contributed by atoms with E-state index in [0.717, 1.165) is 37.2 Å². The molecule has 0 unspecified atom stereocenters. The van der Waals surface area contributed by atoms with Gasteiger partial charge >= 0.3 is 0 Å². The summed E-state index contributed by atoms with van der Waals surface area (Å²) < 4.78 is 26.5. The van der Waals surface area contributed by atoms with E-state index in [4.69, 9.17) is 6.42 Å². The molecule has 1 aliphatic rings. The monoisotopic (exact) mass is 417 g/mol. The summed E-state index contributed by atoms with van der Waals surface area (Å²) in [6.07, 6.45) is 10.1. The van der Waals surface area contributed by atoms with Crippen molar-refractivity contribution in [1.82, 2.24) is 15.2 Å². The van der Waals surface area contributed by atoms with Gasteiger partial charge in [-0.15, -0.1) is 6.42 Å². The summed E-state index contributed by atoms with van der Waals surface area (Å²) in [4.78, 5) is 6.38. The molecule has 2 aromatic carbocycles. The highest BCUT2D eigenvalue weighted by Crippen LogP contribution is 2.41. The molecule has 1 heterocycles. The first-order valence-electron chi connectivity index (χ1n) is 10.4. The lowest BCUT2D eigenvalue weighted by Gasteiger charge is -2.20. The molecule has 1 fully saturated rings. The van der Waals surface area contributed by atoms with Gasteiger partial charge < -0.3 is 5.32 Å². The van der Waals surface area contributed by atoms with E-state index in [-0.39, 0.29) is 5.92 Å². The van der Waals surface area contributed by atoms with Crippen LogP contribution in [0.4, 0.5) is 8.78 Å². The highest BCUT2D eigenvalue weighted by Gasteiger charge is 2.38. The van der Waals surface area contributed by atoms with Crippen LogP contribution < -0.4 is 5.32 Å². The number of nitrogens with zero attached hydrogens (tertiary/aromatic N) is 2. The van der Waals surface area contributed by atoms with E-state index in [2.05, 4.69) is 51.5 Å². The van der Waals surface area contributed by atoms with E-state index < -0.39 is 11.6 Å². The third kappa shape index (κ3) is 5.75. The number of pyridine rings is 1. The fourth-order valence-corrected chi connectivity index (χ4v) is 3.85. The molecule has 1 aromatic heterocycles. The van der Waals surface area contributed by atoms with Gasteiger partial charge in [0.2, 0.25) is 0 Å². The predicted molar refractivity (Wildman–Crippen MR) is 118 cm³/mol. The first-order chi connectivity index (χ1) is 15.1. The first kappa shape index (κ1) is 21.2. The lowest BCUT2D eigenvalue weighted by Crippen LogP contribution is -2.23. The second-order valence-corrected chi connectivity index (χ2v) is 8.03. The van der Waals surface area contributed by atoms with E-state index in [0.29, 0.717) is 12.6 Å². The minimum Gasteiger partial charge on any atom is -0.309 e. The Hall–Kier alpha value is -3.07. The van der Waals surface area contributed by atoms with Gasteiger partial charge in [0.15, 0.2) is 11.6 Å². The first-order valence-corrected chi connectivity index (χ1v) is 10.4. The van der Waals surface area contributed by atoms with Crippen molar-refractivity contribution in [3.8, 4) is 12.3 Å². The summed E-state index contributed by atoms with van der Waals surface area (Å²) in [6, 6.07) is 17.0. The normalized spacial score (nSPS) is 17.5. The van der Waals surface area contributed by atoms with E-state index in [1.165, 1.54) is 23.3 Å². The van der Waals surface area contributed by atoms with E-state index in [9.17, 15) is 8.78 Å². The molecule has 3 nitrogen and oxygen atoms in total. The zero-order chi connectivity index (χ0) is 21.6. The SMILES string of the molecule is C#CCN(Cc1ccc(CN[C@@H]2C[C@H]2c2ccc(F)c(F)c2)cc1)Cc1cccnc1.